The fraction of sp³-hybridized carbons (Fsp3) is 0.714. The molecule has 6 heteroatoms. The van der Waals surface area contributed by atoms with Crippen molar-refractivity contribution in [2.45, 2.75) is 53.0 Å². The number of morpholine rings is 1. The van der Waals surface area contributed by atoms with Crippen LogP contribution in [0, 0.1) is 19.8 Å². The normalized spacial score (nSPS) is 21.1. The van der Waals surface area contributed by atoms with Crippen molar-refractivity contribution in [1.29, 1.82) is 0 Å². The Kier molecular flexibility index (Phi) is 5.37. The van der Waals surface area contributed by atoms with Crippen molar-refractivity contribution in [3.8, 4) is 0 Å². The second kappa shape index (κ2) is 7.76. The monoisotopic (exact) mass is 371 g/mol. The van der Waals surface area contributed by atoms with Crippen LogP contribution in [0.4, 0.5) is 5.82 Å². The molecule has 4 heterocycles. The lowest BCUT2D eigenvalue weighted by Gasteiger charge is -2.41. The van der Waals surface area contributed by atoms with Crippen LogP contribution in [0.1, 0.15) is 43.6 Å². The maximum absolute atomic E-state index is 5.52. The van der Waals surface area contributed by atoms with E-state index in [1.165, 1.54) is 24.2 Å². The lowest BCUT2D eigenvalue weighted by molar-refractivity contribution is 0.00447. The number of rotatable bonds is 4. The molecule has 0 spiro atoms. The number of aryl methyl sites for hydroxylation is 3. The molecular weight excluding hydrogens is 338 g/mol. The highest BCUT2D eigenvalue weighted by atomic mass is 16.5. The predicted molar refractivity (Wildman–Crippen MR) is 109 cm³/mol. The van der Waals surface area contributed by atoms with E-state index < -0.39 is 0 Å². The third kappa shape index (κ3) is 3.57. The van der Waals surface area contributed by atoms with Crippen molar-refractivity contribution in [2.75, 3.05) is 44.3 Å². The lowest BCUT2D eigenvalue weighted by atomic mass is 9.89. The first-order valence-electron chi connectivity index (χ1n) is 10.5. The van der Waals surface area contributed by atoms with Gasteiger partial charge in [-0.15, -0.1) is 0 Å². The molecule has 0 aliphatic carbocycles. The highest BCUT2D eigenvalue weighted by Gasteiger charge is 2.29. The summed E-state index contributed by atoms with van der Waals surface area (Å²) in [6.07, 6.45) is 3.43. The number of hydrogen-bond donors (Lipinski definition) is 0. The average molecular weight is 372 g/mol. The zero-order valence-electron chi connectivity index (χ0n) is 17.2. The van der Waals surface area contributed by atoms with Crippen LogP contribution >= 0.6 is 0 Å². The SMILES string of the molecule is CCc1cc(N2CCC(C(C)N3CCOCC3)CC2)n2nc(C)c(C)c2n1. The quantitative estimate of drug-likeness (QED) is 0.827. The lowest BCUT2D eigenvalue weighted by Crippen LogP contribution is -2.48. The third-order valence-corrected chi connectivity index (χ3v) is 6.62. The van der Waals surface area contributed by atoms with Crippen LogP contribution in [-0.4, -0.2) is 64.9 Å². The molecule has 2 saturated heterocycles. The van der Waals surface area contributed by atoms with E-state index in [1.54, 1.807) is 0 Å². The Morgan fingerprint density at radius 2 is 1.85 bits per heavy atom. The van der Waals surface area contributed by atoms with Gasteiger partial charge < -0.3 is 9.64 Å². The van der Waals surface area contributed by atoms with Gasteiger partial charge in [-0.25, -0.2) is 4.98 Å². The Morgan fingerprint density at radius 3 is 2.52 bits per heavy atom. The summed E-state index contributed by atoms with van der Waals surface area (Å²) in [5.74, 6) is 1.98. The molecule has 0 radical (unpaired) electrons. The third-order valence-electron chi connectivity index (χ3n) is 6.62. The molecule has 0 N–H and O–H groups in total. The number of piperidine rings is 1. The van der Waals surface area contributed by atoms with Crippen LogP contribution in [0.3, 0.4) is 0 Å². The van der Waals surface area contributed by atoms with E-state index in [1.807, 2.05) is 0 Å². The molecule has 1 unspecified atom stereocenters. The van der Waals surface area contributed by atoms with Crippen LogP contribution in [0.15, 0.2) is 6.07 Å². The number of aromatic nitrogens is 3. The Morgan fingerprint density at radius 1 is 1.15 bits per heavy atom. The molecule has 0 amide bonds. The Balaban J connectivity index is 1.51. The van der Waals surface area contributed by atoms with Gasteiger partial charge in [0.1, 0.15) is 5.82 Å². The summed E-state index contributed by atoms with van der Waals surface area (Å²) in [7, 11) is 0. The molecule has 0 aromatic carbocycles. The number of hydrogen-bond acceptors (Lipinski definition) is 5. The van der Waals surface area contributed by atoms with Gasteiger partial charge in [0, 0.05) is 49.5 Å². The minimum Gasteiger partial charge on any atom is -0.379 e. The zero-order chi connectivity index (χ0) is 19.0. The van der Waals surface area contributed by atoms with Crippen molar-refractivity contribution >= 4 is 11.5 Å². The highest BCUT2D eigenvalue weighted by Crippen LogP contribution is 2.29. The summed E-state index contributed by atoms with van der Waals surface area (Å²) >= 11 is 0. The van der Waals surface area contributed by atoms with E-state index in [0.29, 0.717) is 6.04 Å². The van der Waals surface area contributed by atoms with Crippen LogP contribution in [-0.2, 0) is 11.2 Å². The maximum Gasteiger partial charge on any atom is 0.160 e. The molecule has 2 aromatic heterocycles. The van der Waals surface area contributed by atoms with Gasteiger partial charge in [-0.3, -0.25) is 4.90 Å². The van der Waals surface area contributed by atoms with Gasteiger partial charge in [-0.1, -0.05) is 6.92 Å². The zero-order valence-corrected chi connectivity index (χ0v) is 17.2. The molecule has 4 rings (SSSR count). The van der Waals surface area contributed by atoms with Gasteiger partial charge >= 0.3 is 0 Å². The average Bonchev–Trinajstić information content (AvgIpc) is 3.01. The molecule has 148 valence electrons. The van der Waals surface area contributed by atoms with Gasteiger partial charge in [0.15, 0.2) is 5.65 Å². The topological polar surface area (TPSA) is 45.9 Å². The van der Waals surface area contributed by atoms with Crippen LogP contribution in [0.2, 0.25) is 0 Å². The predicted octanol–water partition coefficient (Wildman–Crippen LogP) is 2.85. The molecule has 2 aromatic rings. The second-order valence-corrected chi connectivity index (χ2v) is 8.12. The molecule has 0 saturated carbocycles. The summed E-state index contributed by atoms with van der Waals surface area (Å²) in [5, 5.41) is 4.78. The number of fused-ring (bicyclic) bond motifs is 1. The van der Waals surface area contributed by atoms with Crippen LogP contribution in [0.25, 0.3) is 5.65 Å². The van der Waals surface area contributed by atoms with Gasteiger partial charge in [0.25, 0.3) is 0 Å². The minimum absolute atomic E-state index is 0.647. The Labute approximate surface area is 162 Å². The first-order chi connectivity index (χ1) is 13.1. The van der Waals surface area contributed by atoms with Crippen molar-refractivity contribution in [3.05, 3.63) is 23.0 Å². The largest absolute Gasteiger partial charge is 0.379 e. The Hall–Kier alpha value is -1.66. The maximum atomic E-state index is 5.52. The van der Waals surface area contributed by atoms with E-state index in [0.717, 1.165) is 68.8 Å². The number of nitrogens with zero attached hydrogens (tertiary/aromatic N) is 5. The molecule has 0 bridgehead atoms. The summed E-state index contributed by atoms with van der Waals surface area (Å²) in [6, 6.07) is 2.89. The highest BCUT2D eigenvalue weighted by molar-refractivity contribution is 5.57. The van der Waals surface area contributed by atoms with E-state index >= 15 is 0 Å². The van der Waals surface area contributed by atoms with Crippen LogP contribution in [0.5, 0.6) is 0 Å². The van der Waals surface area contributed by atoms with E-state index in [2.05, 4.69) is 48.1 Å². The summed E-state index contributed by atoms with van der Waals surface area (Å²) in [6.45, 7) is 14.9. The first kappa shape index (κ1) is 18.7. The molecule has 27 heavy (non-hydrogen) atoms. The number of anilines is 1. The van der Waals surface area contributed by atoms with E-state index in [-0.39, 0.29) is 0 Å². The molecule has 1 atom stereocenters. The van der Waals surface area contributed by atoms with E-state index in [4.69, 9.17) is 14.8 Å². The van der Waals surface area contributed by atoms with Crippen molar-refractivity contribution < 1.29 is 4.74 Å². The molecule has 2 aliphatic rings. The van der Waals surface area contributed by atoms with Gasteiger partial charge in [-0.2, -0.15) is 9.61 Å². The minimum atomic E-state index is 0.647. The summed E-state index contributed by atoms with van der Waals surface area (Å²) in [5.41, 5.74) is 4.45. The van der Waals surface area contributed by atoms with E-state index in [9.17, 15) is 0 Å². The molecule has 2 aliphatic heterocycles. The smallest absolute Gasteiger partial charge is 0.160 e. The molecule has 2 fully saturated rings. The van der Waals surface area contributed by atoms with Gasteiger partial charge in [0.2, 0.25) is 0 Å². The first-order valence-corrected chi connectivity index (χ1v) is 10.5. The fourth-order valence-corrected chi connectivity index (χ4v) is 4.56. The van der Waals surface area contributed by atoms with Gasteiger partial charge in [-0.05, 0) is 46.0 Å². The fourth-order valence-electron chi connectivity index (χ4n) is 4.56. The van der Waals surface area contributed by atoms with Crippen molar-refractivity contribution in [3.63, 3.8) is 0 Å². The summed E-state index contributed by atoms with van der Waals surface area (Å²) in [4.78, 5) is 9.96. The van der Waals surface area contributed by atoms with Crippen LogP contribution < -0.4 is 4.90 Å². The summed E-state index contributed by atoms with van der Waals surface area (Å²) < 4.78 is 7.59. The van der Waals surface area contributed by atoms with Crippen molar-refractivity contribution in [1.82, 2.24) is 19.5 Å². The standard InChI is InChI=1S/C21H33N5O/c1-5-19-14-20(26-21(22-19)15(2)16(3)23-26)25-8-6-18(7-9-25)17(4)24-10-12-27-13-11-24/h14,17-18H,5-13H2,1-4H3. The second-order valence-electron chi connectivity index (χ2n) is 8.12. The molecular formula is C21H33N5O. The number of ether oxygens (including phenoxy) is 1. The Bertz CT molecular complexity index is 787. The molecule has 6 nitrogen and oxygen atoms in total. The van der Waals surface area contributed by atoms with Crippen molar-refractivity contribution in [2.24, 2.45) is 5.92 Å². The van der Waals surface area contributed by atoms with Gasteiger partial charge in [0.05, 0.1) is 18.9 Å².